The fourth-order valence-corrected chi connectivity index (χ4v) is 4.21. The van der Waals surface area contributed by atoms with Crippen LogP contribution >= 0.6 is 0 Å². The summed E-state index contributed by atoms with van der Waals surface area (Å²) in [6, 6.07) is 11.7. The summed E-state index contributed by atoms with van der Waals surface area (Å²) in [6.45, 7) is 3.94. The Hall–Kier alpha value is -2.41. The molecule has 0 fully saturated rings. The Balaban J connectivity index is 2.50. The lowest BCUT2D eigenvalue weighted by molar-refractivity contribution is -0.137. The van der Waals surface area contributed by atoms with Gasteiger partial charge in [-0.3, -0.25) is 9.10 Å². The molecule has 0 atom stereocenters. The van der Waals surface area contributed by atoms with E-state index in [0.717, 1.165) is 17.7 Å². The molecule has 2 aromatic rings. The molecule has 0 aliphatic heterocycles. The number of rotatable bonds is 8. The molecular weight excluding hydrogens is 357 g/mol. The van der Waals surface area contributed by atoms with E-state index in [1.807, 2.05) is 26.0 Å². The molecule has 0 bridgehead atoms. The van der Waals surface area contributed by atoms with E-state index in [4.69, 9.17) is 5.11 Å². The number of halogens is 1. The lowest BCUT2D eigenvalue weighted by Crippen LogP contribution is -2.33. The quantitative estimate of drug-likeness (QED) is 0.752. The number of anilines is 1. The summed E-state index contributed by atoms with van der Waals surface area (Å²) in [5, 5.41) is 8.88. The van der Waals surface area contributed by atoms with Gasteiger partial charge in [-0.2, -0.15) is 0 Å². The van der Waals surface area contributed by atoms with Gasteiger partial charge in [0.2, 0.25) is 0 Å². The molecule has 0 saturated carbocycles. The first-order valence-corrected chi connectivity index (χ1v) is 9.76. The number of hydrogen-bond acceptors (Lipinski definition) is 3. The summed E-state index contributed by atoms with van der Waals surface area (Å²) in [4.78, 5) is 10.8. The van der Waals surface area contributed by atoms with Gasteiger partial charge >= 0.3 is 5.97 Å². The molecule has 2 rings (SSSR count). The van der Waals surface area contributed by atoms with E-state index < -0.39 is 21.8 Å². The van der Waals surface area contributed by atoms with Crippen LogP contribution in [0.1, 0.15) is 38.2 Å². The van der Waals surface area contributed by atoms with Crippen molar-refractivity contribution < 1.29 is 22.7 Å². The normalized spacial score (nSPS) is 11.5. The van der Waals surface area contributed by atoms with Crippen LogP contribution in [-0.4, -0.2) is 26.0 Å². The average Bonchev–Trinajstić information content (AvgIpc) is 2.58. The third-order valence-corrected chi connectivity index (χ3v) is 5.81. The number of carbonyl (C=O) groups is 1. The summed E-state index contributed by atoms with van der Waals surface area (Å²) in [7, 11) is -3.95. The highest BCUT2D eigenvalue weighted by Gasteiger charge is 2.27. The summed E-state index contributed by atoms with van der Waals surface area (Å²) in [5.41, 5.74) is 1.35. The second-order valence-electron chi connectivity index (χ2n) is 6.24. The first-order chi connectivity index (χ1) is 12.2. The number of para-hydroxylation sites is 1. The van der Waals surface area contributed by atoms with Crippen molar-refractivity contribution in [2.75, 3.05) is 10.8 Å². The molecule has 0 aliphatic rings. The van der Waals surface area contributed by atoms with Crippen LogP contribution in [0.25, 0.3) is 0 Å². The molecule has 0 heterocycles. The van der Waals surface area contributed by atoms with E-state index in [0.29, 0.717) is 5.69 Å². The van der Waals surface area contributed by atoms with Gasteiger partial charge in [-0.1, -0.05) is 32.0 Å². The van der Waals surface area contributed by atoms with Gasteiger partial charge in [0.1, 0.15) is 5.82 Å². The SMILES string of the molecule is CC(C)c1ccccc1N(CCCC(=O)O)S(=O)(=O)c1ccc(F)cc1. The Morgan fingerprint density at radius 2 is 1.73 bits per heavy atom. The maximum Gasteiger partial charge on any atom is 0.303 e. The average molecular weight is 379 g/mol. The number of nitrogens with zero attached hydrogens (tertiary/aromatic N) is 1. The van der Waals surface area contributed by atoms with Crippen molar-refractivity contribution in [2.45, 2.75) is 37.5 Å². The van der Waals surface area contributed by atoms with Gasteiger partial charge in [-0.15, -0.1) is 0 Å². The zero-order chi connectivity index (χ0) is 19.3. The van der Waals surface area contributed by atoms with Crippen LogP contribution in [-0.2, 0) is 14.8 Å². The fraction of sp³-hybridized carbons (Fsp3) is 0.316. The van der Waals surface area contributed by atoms with Gasteiger partial charge in [0.05, 0.1) is 10.6 Å². The second kappa shape index (κ2) is 8.31. The van der Waals surface area contributed by atoms with Gasteiger partial charge in [-0.25, -0.2) is 12.8 Å². The first-order valence-electron chi connectivity index (χ1n) is 8.32. The molecule has 0 aromatic heterocycles. The molecule has 140 valence electrons. The highest BCUT2D eigenvalue weighted by Crippen LogP contribution is 2.31. The molecule has 7 heteroatoms. The molecule has 5 nitrogen and oxygen atoms in total. The van der Waals surface area contributed by atoms with Gasteiger partial charge in [0.15, 0.2) is 0 Å². The van der Waals surface area contributed by atoms with E-state index in [9.17, 15) is 17.6 Å². The van der Waals surface area contributed by atoms with Crippen LogP contribution in [0.2, 0.25) is 0 Å². The molecule has 0 saturated heterocycles. The molecule has 26 heavy (non-hydrogen) atoms. The Labute approximate surface area is 153 Å². The van der Waals surface area contributed by atoms with Gasteiger partial charge in [-0.05, 0) is 48.2 Å². The van der Waals surface area contributed by atoms with Crippen LogP contribution in [0, 0.1) is 5.82 Å². The Morgan fingerprint density at radius 1 is 1.12 bits per heavy atom. The van der Waals surface area contributed by atoms with Gasteiger partial charge in [0, 0.05) is 13.0 Å². The van der Waals surface area contributed by atoms with Crippen molar-refractivity contribution in [3.05, 3.63) is 59.9 Å². The number of sulfonamides is 1. The summed E-state index contributed by atoms with van der Waals surface area (Å²) in [5.74, 6) is -1.43. The summed E-state index contributed by atoms with van der Waals surface area (Å²) < 4.78 is 40.7. The second-order valence-corrected chi connectivity index (χ2v) is 8.10. The molecule has 0 unspecified atom stereocenters. The highest BCUT2D eigenvalue weighted by molar-refractivity contribution is 7.92. The number of benzene rings is 2. The zero-order valence-corrected chi connectivity index (χ0v) is 15.5. The first kappa shape index (κ1) is 19.9. The van der Waals surface area contributed by atoms with Crippen LogP contribution in [0.3, 0.4) is 0 Å². The van der Waals surface area contributed by atoms with E-state index >= 15 is 0 Å². The smallest absolute Gasteiger partial charge is 0.303 e. The Kier molecular flexibility index (Phi) is 6.37. The fourth-order valence-electron chi connectivity index (χ4n) is 2.68. The maximum atomic E-state index is 13.2. The third-order valence-electron chi connectivity index (χ3n) is 3.98. The van der Waals surface area contributed by atoms with Crippen LogP contribution in [0.4, 0.5) is 10.1 Å². The molecule has 0 radical (unpaired) electrons. The topological polar surface area (TPSA) is 74.7 Å². The standard InChI is InChI=1S/C19H22FNO4S/c1-14(2)17-6-3-4-7-18(17)21(13-5-8-19(22)23)26(24,25)16-11-9-15(20)10-12-16/h3-4,6-7,9-12,14H,5,8,13H2,1-2H3,(H,22,23). The monoisotopic (exact) mass is 379 g/mol. The molecular formula is C19H22FNO4S. The minimum Gasteiger partial charge on any atom is -0.481 e. The van der Waals surface area contributed by atoms with Crippen LogP contribution < -0.4 is 4.31 Å². The van der Waals surface area contributed by atoms with Crippen molar-refractivity contribution in [1.29, 1.82) is 0 Å². The predicted molar refractivity (Wildman–Crippen MR) is 98.3 cm³/mol. The maximum absolute atomic E-state index is 13.2. The van der Waals surface area contributed by atoms with Crippen LogP contribution in [0.5, 0.6) is 0 Å². The molecule has 2 aromatic carbocycles. The summed E-state index contributed by atoms with van der Waals surface area (Å²) in [6.07, 6.45) is 0.0292. The van der Waals surface area contributed by atoms with Gasteiger partial charge < -0.3 is 5.11 Å². The number of aliphatic carboxylic acids is 1. The molecule has 0 spiro atoms. The lowest BCUT2D eigenvalue weighted by atomic mass is 10.0. The minimum absolute atomic E-state index is 0.0236. The number of hydrogen-bond donors (Lipinski definition) is 1. The molecule has 0 aliphatic carbocycles. The van der Waals surface area contributed by atoms with Crippen molar-refractivity contribution in [3.8, 4) is 0 Å². The van der Waals surface area contributed by atoms with E-state index in [1.165, 1.54) is 16.4 Å². The third kappa shape index (κ3) is 4.60. The zero-order valence-electron chi connectivity index (χ0n) is 14.7. The Morgan fingerprint density at radius 3 is 2.31 bits per heavy atom. The predicted octanol–water partition coefficient (Wildman–Crippen LogP) is 4.01. The van der Waals surface area contributed by atoms with Crippen LogP contribution in [0.15, 0.2) is 53.4 Å². The minimum atomic E-state index is -3.95. The largest absolute Gasteiger partial charge is 0.481 e. The van der Waals surface area contributed by atoms with Crippen molar-refractivity contribution in [3.63, 3.8) is 0 Å². The van der Waals surface area contributed by atoms with E-state index in [2.05, 4.69) is 0 Å². The van der Waals surface area contributed by atoms with E-state index in [-0.39, 0.29) is 30.2 Å². The molecule has 1 N–H and O–H groups in total. The van der Waals surface area contributed by atoms with Crippen molar-refractivity contribution in [1.82, 2.24) is 0 Å². The molecule has 0 amide bonds. The van der Waals surface area contributed by atoms with Crippen molar-refractivity contribution in [2.24, 2.45) is 0 Å². The van der Waals surface area contributed by atoms with Gasteiger partial charge in [0.25, 0.3) is 10.0 Å². The number of carboxylic acids is 1. The van der Waals surface area contributed by atoms with Crippen molar-refractivity contribution >= 4 is 21.7 Å². The van der Waals surface area contributed by atoms with E-state index in [1.54, 1.807) is 12.1 Å². The lowest BCUT2D eigenvalue weighted by Gasteiger charge is -2.27. The summed E-state index contributed by atoms with van der Waals surface area (Å²) >= 11 is 0. The Bertz CT molecular complexity index is 863. The highest BCUT2D eigenvalue weighted by atomic mass is 32.2. The number of carboxylic acid groups (broad SMARTS) is 1.